The number of thioether (sulfide) groups is 1. The van der Waals surface area contributed by atoms with Gasteiger partial charge in [-0.2, -0.15) is 0 Å². The maximum Gasteiger partial charge on any atom is 0.196 e. The van der Waals surface area contributed by atoms with Gasteiger partial charge in [-0.15, -0.1) is 21.5 Å². The number of rotatable bonds is 7. The molecule has 0 saturated heterocycles. The number of para-hydroxylation sites is 1. The van der Waals surface area contributed by atoms with Crippen LogP contribution in [0.4, 0.5) is 0 Å². The number of aromatic nitrogens is 5. The molecule has 0 fully saturated rings. The van der Waals surface area contributed by atoms with Crippen molar-refractivity contribution in [2.24, 2.45) is 0 Å². The summed E-state index contributed by atoms with van der Waals surface area (Å²) in [5.41, 5.74) is 5.58. The molecule has 5 rings (SSSR count). The second kappa shape index (κ2) is 9.46. The van der Waals surface area contributed by atoms with Crippen molar-refractivity contribution in [3.05, 3.63) is 106 Å². The molecule has 32 heavy (non-hydrogen) atoms. The molecule has 0 bridgehead atoms. The standard InChI is InChI=1S/C25H21N5S2/c1-18-7-5-6-10-22(18)30-24(20-11-13-26-14-12-20)28-29-25(30)32-17-21-16-31-23(27-21)15-19-8-3-2-4-9-19/h2-14,16H,15,17H2,1H3. The van der Waals surface area contributed by atoms with Crippen LogP contribution in [0.25, 0.3) is 17.1 Å². The number of hydrogen-bond acceptors (Lipinski definition) is 6. The Morgan fingerprint density at radius 2 is 1.69 bits per heavy atom. The largest absolute Gasteiger partial charge is 0.270 e. The van der Waals surface area contributed by atoms with Crippen molar-refractivity contribution >= 4 is 23.1 Å². The summed E-state index contributed by atoms with van der Waals surface area (Å²) in [6.45, 7) is 2.11. The first-order valence-corrected chi connectivity index (χ1v) is 12.2. The lowest BCUT2D eigenvalue weighted by atomic mass is 10.2. The molecule has 2 aromatic carbocycles. The lowest BCUT2D eigenvalue weighted by Crippen LogP contribution is -2.02. The zero-order valence-corrected chi connectivity index (χ0v) is 19.2. The van der Waals surface area contributed by atoms with Crippen LogP contribution in [0, 0.1) is 6.92 Å². The molecule has 3 aromatic heterocycles. The third kappa shape index (κ3) is 4.49. The average Bonchev–Trinajstić information content (AvgIpc) is 3.46. The van der Waals surface area contributed by atoms with Crippen molar-refractivity contribution in [1.82, 2.24) is 24.7 Å². The molecule has 5 nitrogen and oxygen atoms in total. The van der Waals surface area contributed by atoms with E-state index in [0.29, 0.717) is 0 Å². The fraction of sp³-hybridized carbons (Fsp3) is 0.120. The monoisotopic (exact) mass is 455 g/mol. The van der Waals surface area contributed by atoms with Crippen LogP contribution in [-0.4, -0.2) is 24.7 Å². The van der Waals surface area contributed by atoms with Crippen LogP contribution < -0.4 is 0 Å². The molecule has 158 valence electrons. The third-order valence-corrected chi connectivity index (χ3v) is 6.94. The van der Waals surface area contributed by atoms with E-state index in [2.05, 4.69) is 68.5 Å². The van der Waals surface area contributed by atoms with E-state index in [4.69, 9.17) is 4.98 Å². The van der Waals surface area contributed by atoms with E-state index in [1.54, 1.807) is 35.5 Å². The summed E-state index contributed by atoms with van der Waals surface area (Å²) in [6.07, 6.45) is 4.42. The highest BCUT2D eigenvalue weighted by Crippen LogP contribution is 2.31. The number of hydrogen-bond donors (Lipinski definition) is 0. The van der Waals surface area contributed by atoms with Crippen molar-refractivity contribution in [2.45, 2.75) is 24.3 Å². The maximum absolute atomic E-state index is 4.84. The van der Waals surface area contributed by atoms with E-state index >= 15 is 0 Å². The van der Waals surface area contributed by atoms with Crippen molar-refractivity contribution in [2.75, 3.05) is 0 Å². The molecule has 0 unspecified atom stereocenters. The predicted molar refractivity (Wildman–Crippen MR) is 130 cm³/mol. The van der Waals surface area contributed by atoms with Crippen molar-refractivity contribution < 1.29 is 0 Å². The Morgan fingerprint density at radius 1 is 0.906 bits per heavy atom. The Balaban J connectivity index is 1.41. The molecule has 0 atom stereocenters. The summed E-state index contributed by atoms with van der Waals surface area (Å²) in [7, 11) is 0. The predicted octanol–water partition coefficient (Wildman–Crippen LogP) is 5.98. The molecule has 0 amide bonds. The number of thiazole rings is 1. The van der Waals surface area contributed by atoms with Gasteiger partial charge in [-0.1, -0.05) is 60.3 Å². The van der Waals surface area contributed by atoms with Gasteiger partial charge >= 0.3 is 0 Å². The van der Waals surface area contributed by atoms with E-state index in [1.807, 2.05) is 30.3 Å². The first-order chi connectivity index (χ1) is 15.8. The Bertz CT molecular complexity index is 1310. The fourth-order valence-corrected chi connectivity index (χ4v) is 5.26. The van der Waals surface area contributed by atoms with Gasteiger partial charge < -0.3 is 0 Å². The van der Waals surface area contributed by atoms with E-state index in [0.717, 1.165) is 45.1 Å². The minimum atomic E-state index is 0.742. The van der Waals surface area contributed by atoms with E-state index in [-0.39, 0.29) is 0 Å². The van der Waals surface area contributed by atoms with Gasteiger partial charge in [0.1, 0.15) is 0 Å². The second-order valence-electron chi connectivity index (χ2n) is 7.35. The highest BCUT2D eigenvalue weighted by atomic mass is 32.2. The molecule has 0 saturated carbocycles. The molecule has 0 aliphatic rings. The molecule has 7 heteroatoms. The highest BCUT2D eigenvalue weighted by Gasteiger charge is 2.18. The van der Waals surface area contributed by atoms with Gasteiger partial charge in [0.2, 0.25) is 0 Å². The van der Waals surface area contributed by atoms with Gasteiger partial charge in [0.25, 0.3) is 0 Å². The smallest absolute Gasteiger partial charge is 0.196 e. The Hall–Kier alpha value is -3.29. The lowest BCUT2D eigenvalue weighted by molar-refractivity contribution is 0.879. The summed E-state index contributed by atoms with van der Waals surface area (Å²) in [6, 6.07) is 22.7. The molecule has 0 aliphatic carbocycles. The number of benzene rings is 2. The third-order valence-electron chi connectivity index (χ3n) is 5.07. The van der Waals surface area contributed by atoms with Crippen LogP contribution in [0.3, 0.4) is 0 Å². The molecular formula is C25H21N5S2. The van der Waals surface area contributed by atoms with Crippen molar-refractivity contribution in [1.29, 1.82) is 0 Å². The van der Waals surface area contributed by atoms with Gasteiger partial charge in [-0.05, 0) is 36.2 Å². The van der Waals surface area contributed by atoms with Gasteiger partial charge in [0.15, 0.2) is 11.0 Å². The SMILES string of the molecule is Cc1ccccc1-n1c(SCc2csc(Cc3ccccc3)n2)nnc1-c1ccncc1. The van der Waals surface area contributed by atoms with Gasteiger partial charge in [-0.3, -0.25) is 9.55 Å². The Morgan fingerprint density at radius 3 is 2.50 bits per heavy atom. The summed E-state index contributed by atoms with van der Waals surface area (Å²) >= 11 is 3.37. The van der Waals surface area contributed by atoms with Crippen molar-refractivity contribution in [3.8, 4) is 17.1 Å². The molecule has 0 radical (unpaired) electrons. The van der Waals surface area contributed by atoms with Crippen molar-refractivity contribution in [3.63, 3.8) is 0 Å². The summed E-state index contributed by atoms with van der Waals surface area (Å²) in [4.78, 5) is 8.97. The van der Waals surface area contributed by atoms with Gasteiger partial charge in [0, 0.05) is 35.5 Å². The first-order valence-electron chi connectivity index (χ1n) is 10.3. The Kier molecular flexibility index (Phi) is 6.09. The molecule has 0 aliphatic heterocycles. The summed E-state index contributed by atoms with van der Waals surface area (Å²) < 4.78 is 2.13. The number of nitrogens with zero attached hydrogens (tertiary/aromatic N) is 5. The van der Waals surface area contributed by atoms with E-state index in [1.165, 1.54) is 11.1 Å². The van der Waals surface area contributed by atoms with Crippen LogP contribution in [0.1, 0.15) is 21.8 Å². The quantitative estimate of drug-likeness (QED) is 0.283. The van der Waals surface area contributed by atoms with E-state index < -0.39 is 0 Å². The zero-order valence-electron chi connectivity index (χ0n) is 17.5. The lowest BCUT2D eigenvalue weighted by Gasteiger charge is -2.12. The minimum Gasteiger partial charge on any atom is -0.270 e. The number of pyridine rings is 1. The second-order valence-corrected chi connectivity index (χ2v) is 9.23. The zero-order chi connectivity index (χ0) is 21.8. The summed E-state index contributed by atoms with van der Waals surface area (Å²) in [5.74, 6) is 1.55. The topological polar surface area (TPSA) is 56.5 Å². The highest BCUT2D eigenvalue weighted by molar-refractivity contribution is 7.98. The van der Waals surface area contributed by atoms with Crippen LogP contribution >= 0.6 is 23.1 Å². The van der Waals surface area contributed by atoms with E-state index in [9.17, 15) is 0 Å². The average molecular weight is 456 g/mol. The first kappa shape index (κ1) is 20.6. The molecular weight excluding hydrogens is 434 g/mol. The minimum absolute atomic E-state index is 0.742. The molecule has 3 heterocycles. The summed E-state index contributed by atoms with van der Waals surface area (Å²) in [5, 5.41) is 13.2. The Labute approximate surface area is 195 Å². The van der Waals surface area contributed by atoms with Crippen LogP contribution in [0.5, 0.6) is 0 Å². The van der Waals surface area contributed by atoms with Gasteiger partial charge in [0.05, 0.1) is 16.4 Å². The van der Waals surface area contributed by atoms with Crippen LogP contribution in [-0.2, 0) is 12.2 Å². The molecule has 0 spiro atoms. The molecule has 5 aromatic rings. The normalized spacial score (nSPS) is 11.0. The van der Waals surface area contributed by atoms with Crippen LogP contribution in [0.2, 0.25) is 0 Å². The number of aryl methyl sites for hydroxylation is 1. The fourth-order valence-electron chi connectivity index (χ4n) is 3.49. The molecule has 0 N–H and O–H groups in total. The van der Waals surface area contributed by atoms with Gasteiger partial charge in [-0.25, -0.2) is 4.98 Å². The van der Waals surface area contributed by atoms with Crippen LogP contribution in [0.15, 0.2) is 89.7 Å². The maximum atomic E-state index is 4.84.